The minimum Gasteiger partial charge on any atom is -0.493 e. The molecule has 0 saturated carbocycles. The van der Waals surface area contributed by atoms with Gasteiger partial charge < -0.3 is 20.1 Å². The van der Waals surface area contributed by atoms with Crippen LogP contribution in [0.1, 0.15) is 48.0 Å². The fourth-order valence-corrected chi connectivity index (χ4v) is 4.63. The van der Waals surface area contributed by atoms with Gasteiger partial charge in [-0.15, -0.1) is 11.3 Å². The Bertz CT molecular complexity index is 1170. The van der Waals surface area contributed by atoms with Crippen molar-refractivity contribution < 1.29 is 19.1 Å². The summed E-state index contributed by atoms with van der Waals surface area (Å²) in [5.41, 5.74) is 1.61. The minimum absolute atomic E-state index is 0.123. The maximum Gasteiger partial charge on any atom is 0.268 e. The molecule has 3 rings (SSSR count). The topological polar surface area (TPSA) is 76.7 Å². The van der Waals surface area contributed by atoms with E-state index < -0.39 is 5.91 Å². The molecule has 2 aromatic carbocycles. The molecule has 0 aliphatic heterocycles. The molecule has 0 spiro atoms. The number of rotatable bonds is 10. The highest BCUT2D eigenvalue weighted by atomic mass is 32.1. The fraction of sp³-hybridized carbons (Fsp3) is 0.286. The van der Waals surface area contributed by atoms with Crippen LogP contribution < -0.4 is 20.1 Å². The van der Waals surface area contributed by atoms with Crippen molar-refractivity contribution in [3.05, 3.63) is 87.7 Å². The van der Waals surface area contributed by atoms with Crippen LogP contribution in [0.2, 0.25) is 0 Å². The van der Waals surface area contributed by atoms with Gasteiger partial charge in [-0.25, -0.2) is 0 Å². The van der Waals surface area contributed by atoms with E-state index in [0.717, 1.165) is 11.3 Å². The third-order valence-corrected chi connectivity index (χ3v) is 6.54. The molecule has 2 amide bonds. The Morgan fingerprint density at radius 1 is 1.00 bits per heavy atom. The lowest BCUT2D eigenvalue weighted by Crippen LogP contribution is -2.41. The van der Waals surface area contributed by atoms with Gasteiger partial charge in [-0.05, 0) is 60.0 Å². The van der Waals surface area contributed by atoms with E-state index in [1.165, 1.54) is 31.1 Å². The van der Waals surface area contributed by atoms with Gasteiger partial charge in [-0.1, -0.05) is 50.2 Å². The van der Waals surface area contributed by atoms with Gasteiger partial charge in [0, 0.05) is 16.5 Å². The summed E-state index contributed by atoms with van der Waals surface area (Å²) in [6.45, 7) is 6.29. The number of carbonyl (C=O) groups is 2. The summed E-state index contributed by atoms with van der Waals surface area (Å²) in [7, 11) is 3.04. The summed E-state index contributed by atoms with van der Waals surface area (Å²) in [6.07, 6.45) is 2.42. The van der Waals surface area contributed by atoms with Crippen molar-refractivity contribution in [1.82, 2.24) is 10.6 Å². The number of ether oxygens (including phenoxy) is 2. The smallest absolute Gasteiger partial charge is 0.268 e. The summed E-state index contributed by atoms with van der Waals surface area (Å²) in [5.74, 6) is 0.195. The second-order valence-corrected chi connectivity index (χ2v) is 9.91. The largest absolute Gasteiger partial charge is 0.493 e. The first kappa shape index (κ1) is 26.0. The van der Waals surface area contributed by atoms with E-state index in [1.807, 2.05) is 42.6 Å². The first-order chi connectivity index (χ1) is 16.7. The molecule has 0 fully saturated rings. The van der Waals surface area contributed by atoms with Gasteiger partial charge >= 0.3 is 0 Å². The lowest BCUT2D eigenvalue weighted by Gasteiger charge is -2.29. The highest BCUT2D eigenvalue weighted by Crippen LogP contribution is 2.29. The van der Waals surface area contributed by atoms with E-state index in [1.54, 1.807) is 24.3 Å². The van der Waals surface area contributed by atoms with E-state index >= 15 is 0 Å². The van der Waals surface area contributed by atoms with Crippen molar-refractivity contribution in [2.45, 2.75) is 38.6 Å². The average Bonchev–Trinajstić information content (AvgIpc) is 3.36. The van der Waals surface area contributed by atoms with Crippen molar-refractivity contribution in [3.8, 4) is 11.5 Å². The quantitative estimate of drug-likeness (QED) is 0.371. The number of amides is 2. The summed E-state index contributed by atoms with van der Waals surface area (Å²) in [6, 6.07) is 18.8. The zero-order valence-corrected chi connectivity index (χ0v) is 21.6. The van der Waals surface area contributed by atoms with Gasteiger partial charge in [-0.3, -0.25) is 9.59 Å². The van der Waals surface area contributed by atoms with Crippen LogP contribution in [-0.2, 0) is 10.2 Å². The number of methoxy groups -OCH3 is 2. The van der Waals surface area contributed by atoms with Crippen molar-refractivity contribution in [3.63, 3.8) is 0 Å². The third-order valence-electron chi connectivity index (χ3n) is 5.72. The molecule has 0 saturated heterocycles. The first-order valence-electron chi connectivity index (χ1n) is 11.4. The molecule has 1 aromatic heterocycles. The first-order valence-corrected chi connectivity index (χ1v) is 12.3. The molecule has 184 valence electrons. The van der Waals surface area contributed by atoms with Crippen LogP contribution in [0.4, 0.5) is 0 Å². The molecule has 1 heterocycles. The van der Waals surface area contributed by atoms with Gasteiger partial charge in [-0.2, -0.15) is 0 Å². The van der Waals surface area contributed by atoms with Crippen LogP contribution in [0.15, 0.2) is 71.7 Å². The molecular weight excluding hydrogens is 460 g/mol. The number of thiophene rings is 1. The zero-order chi connectivity index (χ0) is 25.4. The van der Waals surface area contributed by atoms with Crippen molar-refractivity contribution >= 4 is 29.2 Å². The van der Waals surface area contributed by atoms with Gasteiger partial charge in [0.1, 0.15) is 5.70 Å². The third kappa shape index (κ3) is 6.96. The molecule has 2 N–H and O–H groups in total. The summed E-state index contributed by atoms with van der Waals surface area (Å²) in [5, 5.41) is 7.75. The predicted molar refractivity (Wildman–Crippen MR) is 141 cm³/mol. The number of benzene rings is 2. The number of nitrogens with one attached hydrogen (secondary N) is 2. The highest BCUT2D eigenvalue weighted by Gasteiger charge is 2.25. The van der Waals surface area contributed by atoms with Crippen molar-refractivity contribution in [1.29, 1.82) is 0 Å². The highest BCUT2D eigenvalue weighted by molar-refractivity contribution is 7.10. The van der Waals surface area contributed by atoms with Crippen LogP contribution in [0.3, 0.4) is 0 Å². The van der Waals surface area contributed by atoms with Gasteiger partial charge in [0.25, 0.3) is 11.8 Å². The normalized spacial score (nSPS) is 12.5. The molecule has 0 unspecified atom stereocenters. The lowest BCUT2D eigenvalue weighted by molar-refractivity contribution is -0.118. The molecule has 0 aliphatic carbocycles. The molecule has 0 bridgehead atoms. The van der Waals surface area contributed by atoms with Crippen LogP contribution in [0.5, 0.6) is 11.5 Å². The van der Waals surface area contributed by atoms with Gasteiger partial charge in [0.2, 0.25) is 0 Å². The van der Waals surface area contributed by atoms with E-state index in [9.17, 15) is 9.59 Å². The SMILES string of the molecule is COc1ccc(C(=O)N/C(=C\c2cccs2)C(=O)N[C@H](C)CC(C)(C)c2ccccc2)cc1OC. The molecular formula is C28H32N2O4S. The maximum atomic E-state index is 13.3. The Kier molecular flexibility index (Phi) is 8.71. The van der Waals surface area contributed by atoms with E-state index in [-0.39, 0.29) is 23.1 Å². The molecule has 1 atom stereocenters. The van der Waals surface area contributed by atoms with E-state index in [4.69, 9.17) is 9.47 Å². The van der Waals surface area contributed by atoms with Crippen molar-refractivity contribution in [2.75, 3.05) is 14.2 Å². The van der Waals surface area contributed by atoms with Crippen LogP contribution in [0, 0.1) is 0 Å². The standard InChI is InChI=1S/C28H32N2O4S/c1-19(18-28(2,3)21-10-7-6-8-11-21)29-27(32)23(17-22-12-9-15-35-22)30-26(31)20-13-14-24(33-4)25(16-20)34-5/h6-17,19H,18H2,1-5H3,(H,29,32)(H,30,31)/b23-17-/t19-/m1/s1. The fourth-order valence-electron chi connectivity index (χ4n) is 3.97. The van der Waals surface area contributed by atoms with Gasteiger partial charge in [0.05, 0.1) is 14.2 Å². The Morgan fingerprint density at radius 3 is 2.34 bits per heavy atom. The number of hydrogen-bond acceptors (Lipinski definition) is 5. The summed E-state index contributed by atoms with van der Waals surface area (Å²) in [4.78, 5) is 27.2. The van der Waals surface area contributed by atoms with E-state index in [2.05, 4.69) is 36.6 Å². The Hall–Kier alpha value is -3.58. The summed E-state index contributed by atoms with van der Waals surface area (Å²) < 4.78 is 10.5. The Labute approximate surface area is 211 Å². The monoisotopic (exact) mass is 492 g/mol. The molecule has 0 aliphatic rings. The number of hydrogen-bond donors (Lipinski definition) is 2. The molecule has 35 heavy (non-hydrogen) atoms. The molecule has 6 nitrogen and oxygen atoms in total. The van der Waals surface area contributed by atoms with E-state index in [0.29, 0.717) is 17.1 Å². The Balaban J connectivity index is 1.77. The molecule has 3 aromatic rings. The molecule has 7 heteroatoms. The lowest BCUT2D eigenvalue weighted by atomic mass is 9.79. The molecule has 0 radical (unpaired) electrons. The Morgan fingerprint density at radius 2 is 1.71 bits per heavy atom. The van der Waals surface area contributed by atoms with Gasteiger partial charge in [0.15, 0.2) is 11.5 Å². The average molecular weight is 493 g/mol. The van der Waals surface area contributed by atoms with Crippen LogP contribution >= 0.6 is 11.3 Å². The van der Waals surface area contributed by atoms with Crippen LogP contribution in [-0.4, -0.2) is 32.1 Å². The maximum absolute atomic E-state index is 13.3. The second kappa shape index (κ2) is 11.7. The second-order valence-electron chi connectivity index (χ2n) is 8.93. The minimum atomic E-state index is -0.416. The predicted octanol–water partition coefficient (Wildman–Crippen LogP) is 5.41. The van der Waals surface area contributed by atoms with Crippen LogP contribution in [0.25, 0.3) is 6.08 Å². The van der Waals surface area contributed by atoms with Crippen molar-refractivity contribution in [2.24, 2.45) is 0 Å². The zero-order valence-electron chi connectivity index (χ0n) is 20.8. The summed E-state index contributed by atoms with van der Waals surface area (Å²) >= 11 is 1.48. The number of carbonyl (C=O) groups excluding carboxylic acids is 2.